The highest BCUT2D eigenvalue weighted by atomic mass is 32.1. The standard InChI is InChI=1S/C21H10N2O2S/c22-11-13-5-6-15(9-14(13)12-23)25-16-7-8-20-18(10-16)21(24)17-3-1-2-4-19(17)26-20/h1-10H. The van der Waals surface area contributed by atoms with Crippen LogP contribution in [0.4, 0.5) is 0 Å². The molecule has 4 rings (SSSR count). The zero-order valence-electron chi connectivity index (χ0n) is 13.4. The van der Waals surface area contributed by atoms with Crippen molar-refractivity contribution in [2.24, 2.45) is 0 Å². The molecule has 0 saturated carbocycles. The summed E-state index contributed by atoms with van der Waals surface area (Å²) in [5.74, 6) is 0.947. The predicted molar refractivity (Wildman–Crippen MR) is 102 cm³/mol. The molecule has 0 N–H and O–H groups in total. The first-order chi connectivity index (χ1) is 12.7. The second kappa shape index (κ2) is 6.33. The number of nitrogens with zero attached hydrogens (tertiary/aromatic N) is 2. The van der Waals surface area contributed by atoms with Gasteiger partial charge in [-0.2, -0.15) is 10.5 Å². The smallest absolute Gasteiger partial charge is 0.196 e. The van der Waals surface area contributed by atoms with Crippen LogP contribution in [0.15, 0.2) is 65.5 Å². The van der Waals surface area contributed by atoms with Gasteiger partial charge >= 0.3 is 0 Å². The van der Waals surface area contributed by atoms with Crippen LogP contribution in [-0.4, -0.2) is 0 Å². The summed E-state index contributed by atoms with van der Waals surface area (Å²) in [5, 5.41) is 19.4. The Hall–Kier alpha value is -3.67. The third kappa shape index (κ3) is 2.67. The Morgan fingerprint density at radius 2 is 1.46 bits per heavy atom. The number of nitriles is 2. The summed E-state index contributed by atoms with van der Waals surface area (Å²) < 4.78 is 7.64. The van der Waals surface area contributed by atoms with Gasteiger partial charge in [0, 0.05) is 20.2 Å². The highest BCUT2D eigenvalue weighted by molar-refractivity contribution is 7.24. The molecule has 0 spiro atoms. The van der Waals surface area contributed by atoms with E-state index in [0.29, 0.717) is 27.8 Å². The number of benzene rings is 3. The van der Waals surface area contributed by atoms with Gasteiger partial charge in [0.25, 0.3) is 0 Å². The summed E-state index contributed by atoms with van der Waals surface area (Å²) in [4.78, 5) is 12.7. The van der Waals surface area contributed by atoms with Gasteiger partial charge in [-0.25, -0.2) is 0 Å². The van der Waals surface area contributed by atoms with Gasteiger partial charge in [0.05, 0.1) is 11.1 Å². The number of ether oxygens (including phenoxy) is 1. The minimum atomic E-state index is -0.0302. The molecule has 1 aromatic heterocycles. The molecular formula is C21H10N2O2S. The van der Waals surface area contributed by atoms with Crippen molar-refractivity contribution in [3.05, 3.63) is 82.0 Å². The van der Waals surface area contributed by atoms with Crippen LogP contribution in [0.1, 0.15) is 11.1 Å². The Morgan fingerprint density at radius 1 is 0.769 bits per heavy atom. The van der Waals surface area contributed by atoms with E-state index in [0.717, 1.165) is 9.40 Å². The maximum absolute atomic E-state index is 12.7. The van der Waals surface area contributed by atoms with E-state index in [1.54, 1.807) is 35.6 Å². The zero-order chi connectivity index (χ0) is 18.1. The fourth-order valence-electron chi connectivity index (χ4n) is 2.76. The minimum Gasteiger partial charge on any atom is -0.457 e. The van der Waals surface area contributed by atoms with Crippen molar-refractivity contribution in [2.75, 3.05) is 0 Å². The van der Waals surface area contributed by atoms with Crippen molar-refractivity contribution >= 4 is 31.5 Å². The third-order valence-corrected chi connectivity index (χ3v) is 5.17. The molecule has 0 bridgehead atoms. The second-order valence-corrected chi connectivity index (χ2v) is 6.70. The molecule has 5 heteroatoms. The number of rotatable bonds is 2. The summed E-state index contributed by atoms with van der Waals surface area (Å²) in [6, 6.07) is 21.5. The topological polar surface area (TPSA) is 73.9 Å². The number of hydrogen-bond acceptors (Lipinski definition) is 5. The molecule has 0 amide bonds. The molecule has 0 fully saturated rings. The molecule has 0 aliphatic rings. The molecule has 4 nitrogen and oxygen atoms in total. The molecule has 0 atom stereocenters. The van der Waals surface area contributed by atoms with E-state index in [2.05, 4.69) is 0 Å². The molecule has 4 aromatic rings. The van der Waals surface area contributed by atoms with Gasteiger partial charge in [0.2, 0.25) is 0 Å². The average molecular weight is 354 g/mol. The molecule has 0 unspecified atom stereocenters. The Bertz CT molecular complexity index is 1310. The predicted octanol–water partition coefficient (Wildman–Crippen LogP) is 4.95. The number of hydrogen-bond donors (Lipinski definition) is 0. The lowest BCUT2D eigenvalue weighted by Gasteiger charge is -2.08. The third-order valence-electron chi connectivity index (χ3n) is 4.01. The fraction of sp³-hybridized carbons (Fsp3) is 0. The monoisotopic (exact) mass is 354 g/mol. The van der Waals surface area contributed by atoms with Crippen LogP contribution in [0, 0.1) is 22.7 Å². The van der Waals surface area contributed by atoms with Crippen LogP contribution in [0.2, 0.25) is 0 Å². The molecule has 0 saturated heterocycles. The van der Waals surface area contributed by atoms with Gasteiger partial charge in [-0.3, -0.25) is 4.79 Å². The minimum absolute atomic E-state index is 0.0302. The summed E-state index contributed by atoms with van der Waals surface area (Å²) in [6.45, 7) is 0. The van der Waals surface area contributed by atoms with Gasteiger partial charge in [-0.15, -0.1) is 11.3 Å². The van der Waals surface area contributed by atoms with Gasteiger partial charge in [0.15, 0.2) is 5.43 Å². The normalized spacial score (nSPS) is 10.4. The molecule has 0 aliphatic heterocycles. The van der Waals surface area contributed by atoms with Gasteiger partial charge < -0.3 is 4.74 Å². The SMILES string of the molecule is N#Cc1ccc(Oc2ccc3sc4ccccc4c(=O)c3c2)cc1C#N. The molecule has 0 radical (unpaired) electrons. The van der Waals surface area contributed by atoms with E-state index in [9.17, 15) is 4.79 Å². The van der Waals surface area contributed by atoms with Crippen molar-refractivity contribution in [1.29, 1.82) is 10.5 Å². The van der Waals surface area contributed by atoms with Crippen LogP contribution < -0.4 is 10.2 Å². The van der Waals surface area contributed by atoms with Crippen molar-refractivity contribution < 1.29 is 4.74 Å². The van der Waals surface area contributed by atoms with Crippen molar-refractivity contribution in [1.82, 2.24) is 0 Å². The van der Waals surface area contributed by atoms with E-state index in [-0.39, 0.29) is 11.0 Å². The molecule has 0 aliphatic carbocycles. The first-order valence-electron chi connectivity index (χ1n) is 7.77. The lowest BCUT2D eigenvalue weighted by molar-refractivity contribution is 0.483. The van der Waals surface area contributed by atoms with E-state index in [4.69, 9.17) is 15.3 Å². The molecule has 1 heterocycles. The first kappa shape index (κ1) is 15.8. The van der Waals surface area contributed by atoms with E-state index >= 15 is 0 Å². The van der Waals surface area contributed by atoms with Gasteiger partial charge in [0.1, 0.15) is 23.6 Å². The van der Waals surface area contributed by atoms with Crippen LogP contribution in [-0.2, 0) is 0 Å². The molecular weight excluding hydrogens is 344 g/mol. The van der Waals surface area contributed by atoms with E-state index < -0.39 is 0 Å². The maximum atomic E-state index is 12.7. The zero-order valence-corrected chi connectivity index (χ0v) is 14.2. The molecule has 26 heavy (non-hydrogen) atoms. The summed E-state index contributed by atoms with van der Waals surface area (Å²) in [7, 11) is 0. The molecule has 122 valence electrons. The Labute approximate surface area is 152 Å². The fourth-order valence-corrected chi connectivity index (χ4v) is 3.81. The van der Waals surface area contributed by atoms with Crippen LogP contribution in [0.3, 0.4) is 0 Å². The Balaban J connectivity index is 1.80. The lowest BCUT2D eigenvalue weighted by atomic mass is 10.1. The highest BCUT2D eigenvalue weighted by Gasteiger charge is 2.09. The van der Waals surface area contributed by atoms with Crippen molar-refractivity contribution in [3.8, 4) is 23.6 Å². The van der Waals surface area contributed by atoms with Crippen molar-refractivity contribution in [2.45, 2.75) is 0 Å². The summed E-state index contributed by atoms with van der Waals surface area (Å²) in [6.07, 6.45) is 0. The molecule has 3 aromatic carbocycles. The van der Waals surface area contributed by atoms with Crippen LogP contribution in [0.25, 0.3) is 20.2 Å². The van der Waals surface area contributed by atoms with Crippen LogP contribution >= 0.6 is 11.3 Å². The summed E-state index contributed by atoms with van der Waals surface area (Å²) >= 11 is 1.56. The lowest BCUT2D eigenvalue weighted by Crippen LogP contribution is -2.00. The Kier molecular flexibility index (Phi) is 3.85. The Morgan fingerprint density at radius 3 is 2.27 bits per heavy atom. The number of fused-ring (bicyclic) bond motifs is 2. The first-order valence-corrected chi connectivity index (χ1v) is 8.59. The van der Waals surface area contributed by atoms with Crippen molar-refractivity contribution in [3.63, 3.8) is 0 Å². The second-order valence-electron chi connectivity index (χ2n) is 5.62. The maximum Gasteiger partial charge on any atom is 0.196 e. The van der Waals surface area contributed by atoms with Gasteiger partial charge in [-0.1, -0.05) is 12.1 Å². The summed E-state index contributed by atoms with van der Waals surface area (Å²) in [5.41, 5.74) is 0.523. The van der Waals surface area contributed by atoms with E-state index in [1.165, 1.54) is 6.07 Å². The largest absolute Gasteiger partial charge is 0.457 e. The van der Waals surface area contributed by atoms with Gasteiger partial charge in [-0.05, 0) is 48.5 Å². The quantitative estimate of drug-likeness (QED) is 0.477. The van der Waals surface area contributed by atoms with Crippen LogP contribution in [0.5, 0.6) is 11.5 Å². The average Bonchev–Trinajstić information content (AvgIpc) is 2.68. The van der Waals surface area contributed by atoms with E-state index in [1.807, 2.05) is 42.5 Å². The highest BCUT2D eigenvalue weighted by Crippen LogP contribution is 2.30.